The summed E-state index contributed by atoms with van der Waals surface area (Å²) in [5.41, 5.74) is 1.04. The molecule has 0 aliphatic carbocycles. The third-order valence-corrected chi connectivity index (χ3v) is 2.79. The van der Waals surface area contributed by atoms with E-state index in [1.54, 1.807) is 54.6 Å². The van der Waals surface area contributed by atoms with E-state index >= 15 is 0 Å². The summed E-state index contributed by atoms with van der Waals surface area (Å²) in [7, 11) is 0. The van der Waals surface area contributed by atoms with Crippen LogP contribution in [0, 0.1) is 11.3 Å². The topological polar surface area (TPSA) is 50.1 Å². The molecule has 0 saturated carbocycles. The lowest BCUT2D eigenvalue weighted by atomic mass is 10.1. The number of carbonyl (C=O) groups is 1. The number of rotatable bonds is 4. The van der Waals surface area contributed by atoms with Crippen LogP contribution in [0.3, 0.4) is 0 Å². The molecule has 2 aromatic carbocycles. The summed E-state index contributed by atoms with van der Waals surface area (Å²) in [4.78, 5) is 11.5. The van der Waals surface area contributed by atoms with Crippen molar-refractivity contribution >= 4 is 17.4 Å². The van der Waals surface area contributed by atoms with Crippen molar-refractivity contribution in [2.75, 3.05) is 0 Å². The Labute approximate surface area is 116 Å². The highest BCUT2D eigenvalue weighted by Crippen LogP contribution is 2.19. The number of carbonyl (C=O) groups excluding carboxylic acids is 1. The first-order valence-electron chi connectivity index (χ1n) is 5.61. The first kappa shape index (κ1) is 13.1. The number of benzene rings is 2. The summed E-state index contributed by atoms with van der Waals surface area (Å²) in [6.45, 7) is 0.212. The Morgan fingerprint density at radius 1 is 1.21 bits per heavy atom. The molecule has 0 saturated heterocycles. The Morgan fingerprint density at radius 3 is 2.74 bits per heavy atom. The lowest BCUT2D eigenvalue weighted by Gasteiger charge is -2.08. The van der Waals surface area contributed by atoms with Gasteiger partial charge in [-0.05, 0) is 24.3 Å². The van der Waals surface area contributed by atoms with Gasteiger partial charge in [0.15, 0.2) is 0 Å². The van der Waals surface area contributed by atoms with Gasteiger partial charge in [0.25, 0.3) is 5.78 Å². The molecule has 0 spiro atoms. The van der Waals surface area contributed by atoms with Crippen molar-refractivity contribution in [3.05, 3.63) is 64.7 Å². The van der Waals surface area contributed by atoms with E-state index < -0.39 is 5.78 Å². The molecule has 0 heterocycles. The van der Waals surface area contributed by atoms with Gasteiger partial charge in [0.1, 0.15) is 18.4 Å². The van der Waals surface area contributed by atoms with Crippen LogP contribution in [0.5, 0.6) is 5.75 Å². The Balaban J connectivity index is 2.16. The van der Waals surface area contributed by atoms with Crippen molar-refractivity contribution < 1.29 is 9.53 Å². The van der Waals surface area contributed by atoms with Gasteiger partial charge in [-0.2, -0.15) is 5.26 Å². The molecular formula is C15H10ClNO2. The lowest BCUT2D eigenvalue weighted by Crippen LogP contribution is -2.04. The van der Waals surface area contributed by atoms with Crippen LogP contribution in [0.2, 0.25) is 5.02 Å². The zero-order chi connectivity index (χ0) is 13.7. The Morgan fingerprint density at radius 2 is 2.00 bits per heavy atom. The Kier molecular flexibility index (Phi) is 4.17. The third kappa shape index (κ3) is 3.34. The van der Waals surface area contributed by atoms with Crippen LogP contribution in [0.25, 0.3) is 0 Å². The van der Waals surface area contributed by atoms with E-state index in [9.17, 15) is 4.79 Å². The van der Waals surface area contributed by atoms with Gasteiger partial charge in [-0.1, -0.05) is 35.9 Å². The monoisotopic (exact) mass is 271 g/mol. The van der Waals surface area contributed by atoms with Gasteiger partial charge in [0.05, 0.1) is 0 Å². The number of ether oxygens (including phenoxy) is 1. The summed E-state index contributed by atoms with van der Waals surface area (Å²) in [5.74, 6) is 0.0528. The van der Waals surface area contributed by atoms with Gasteiger partial charge in [-0.15, -0.1) is 0 Å². The second kappa shape index (κ2) is 6.03. The van der Waals surface area contributed by atoms with Gasteiger partial charge < -0.3 is 4.74 Å². The molecule has 0 unspecified atom stereocenters. The maximum Gasteiger partial charge on any atom is 0.262 e. The molecule has 94 valence electrons. The molecule has 2 rings (SSSR count). The van der Waals surface area contributed by atoms with E-state index in [0.717, 1.165) is 0 Å². The predicted octanol–water partition coefficient (Wildman–Crippen LogP) is 3.63. The van der Waals surface area contributed by atoms with Crippen molar-refractivity contribution in [2.24, 2.45) is 0 Å². The van der Waals surface area contributed by atoms with Crippen molar-refractivity contribution in [1.82, 2.24) is 0 Å². The number of halogens is 1. The number of Topliss-reactive ketones (excluding diaryl/α,β-unsaturated/α-hetero) is 1. The first-order chi connectivity index (χ1) is 9.20. The van der Waals surface area contributed by atoms with Gasteiger partial charge in [-0.3, -0.25) is 4.79 Å². The minimum atomic E-state index is -0.565. The van der Waals surface area contributed by atoms with Crippen LogP contribution in [0.15, 0.2) is 48.5 Å². The molecule has 19 heavy (non-hydrogen) atoms. The van der Waals surface area contributed by atoms with Gasteiger partial charge in [-0.25, -0.2) is 0 Å². The largest absolute Gasteiger partial charge is 0.489 e. The van der Waals surface area contributed by atoms with Gasteiger partial charge >= 0.3 is 0 Å². The minimum absolute atomic E-state index is 0.212. The summed E-state index contributed by atoms with van der Waals surface area (Å²) in [6.07, 6.45) is 0. The molecule has 3 nitrogen and oxygen atoms in total. The number of nitriles is 1. The van der Waals surface area contributed by atoms with Crippen molar-refractivity contribution in [2.45, 2.75) is 6.61 Å². The average molecular weight is 272 g/mol. The highest BCUT2D eigenvalue weighted by atomic mass is 35.5. The molecule has 0 aliphatic rings. The van der Waals surface area contributed by atoms with E-state index in [-0.39, 0.29) is 6.61 Å². The first-order valence-corrected chi connectivity index (χ1v) is 5.99. The minimum Gasteiger partial charge on any atom is -0.489 e. The molecule has 4 heteroatoms. The standard InChI is InChI=1S/C15H10ClNO2/c16-12-5-3-6-13(8-12)19-10-11-4-1-2-7-14(11)15(18)9-17/h1-8H,10H2. The summed E-state index contributed by atoms with van der Waals surface area (Å²) < 4.78 is 5.56. The van der Waals surface area contributed by atoms with Crippen LogP contribution < -0.4 is 4.74 Å². The van der Waals surface area contributed by atoms with Crippen LogP contribution in [0.1, 0.15) is 15.9 Å². The van der Waals surface area contributed by atoms with Gasteiger partial charge in [0, 0.05) is 16.1 Å². The average Bonchev–Trinajstić information content (AvgIpc) is 2.45. The summed E-state index contributed by atoms with van der Waals surface area (Å²) in [5, 5.41) is 9.26. The third-order valence-electron chi connectivity index (χ3n) is 2.55. The van der Waals surface area contributed by atoms with Crippen LogP contribution >= 0.6 is 11.6 Å². The molecule has 0 aromatic heterocycles. The zero-order valence-corrected chi connectivity index (χ0v) is 10.7. The summed E-state index contributed by atoms with van der Waals surface area (Å²) >= 11 is 5.85. The van der Waals surface area contributed by atoms with E-state index in [0.29, 0.717) is 21.9 Å². The maximum atomic E-state index is 11.5. The molecule has 0 fully saturated rings. The molecule has 0 N–H and O–H groups in total. The van der Waals surface area contributed by atoms with Gasteiger partial charge in [0.2, 0.25) is 0 Å². The predicted molar refractivity (Wildman–Crippen MR) is 72.2 cm³/mol. The molecule has 0 atom stereocenters. The van der Waals surface area contributed by atoms with E-state index in [2.05, 4.69) is 0 Å². The second-order valence-corrected chi connectivity index (χ2v) is 4.28. The van der Waals surface area contributed by atoms with E-state index in [1.165, 1.54) is 0 Å². The fraction of sp³-hybridized carbons (Fsp3) is 0.0667. The zero-order valence-electron chi connectivity index (χ0n) is 9.97. The molecule has 0 bridgehead atoms. The van der Waals surface area contributed by atoms with Crippen LogP contribution in [0.4, 0.5) is 0 Å². The second-order valence-electron chi connectivity index (χ2n) is 3.84. The Bertz CT molecular complexity index is 647. The fourth-order valence-electron chi connectivity index (χ4n) is 1.65. The van der Waals surface area contributed by atoms with Crippen molar-refractivity contribution in [3.63, 3.8) is 0 Å². The Hall–Kier alpha value is -2.31. The highest BCUT2D eigenvalue weighted by Gasteiger charge is 2.10. The molecule has 2 aromatic rings. The number of ketones is 1. The highest BCUT2D eigenvalue weighted by molar-refractivity contribution is 6.30. The molecule has 0 radical (unpaired) electrons. The quantitative estimate of drug-likeness (QED) is 0.630. The fourth-order valence-corrected chi connectivity index (χ4v) is 1.83. The maximum absolute atomic E-state index is 11.5. The number of hydrogen-bond acceptors (Lipinski definition) is 3. The molecule has 0 amide bonds. The smallest absolute Gasteiger partial charge is 0.262 e. The summed E-state index contributed by atoms with van der Waals surface area (Å²) in [6, 6.07) is 15.5. The number of nitrogens with zero attached hydrogens (tertiary/aromatic N) is 1. The van der Waals surface area contributed by atoms with Crippen LogP contribution in [-0.2, 0) is 6.61 Å². The lowest BCUT2D eigenvalue weighted by molar-refractivity contribution is 0.105. The van der Waals surface area contributed by atoms with Crippen LogP contribution in [-0.4, -0.2) is 5.78 Å². The molecular weight excluding hydrogens is 262 g/mol. The SMILES string of the molecule is N#CC(=O)c1ccccc1COc1cccc(Cl)c1. The van der Waals surface area contributed by atoms with Crippen molar-refractivity contribution in [3.8, 4) is 11.8 Å². The number of hydrogen-bond donors (Lipinski definition) is 0. The normalized spacial score (nSPS) is 9.68. The van der Waals surface area contributed by atoms with E-state index in [1.807, 2.05) is 0 Å². The molecule has 0 aliphatic heterocycles. The van der Waals surface area contributed by atoms with Crippen molar-refractivity contribution in [1.29, 1.82) is 5.26 Å². The van der Waals surface area contributed by atoms with E-state index in [4.69, 9.17) is 21.6 Å².